The molecule has 0 aliphatic heterocycles. The molecule has 2 aromatic rings. The Kier molecular flexibility index (Phi) is 4.68. The topological polar surface area (TPSA) is 41.3 Å². The molecule has 0 aliphatic rings. The standard InChI is InChI=1S/C17H25N3O/c1-13-8-15(10-18-17(2,3)4)9-16(19-13)20(5)11-14-6-7-21-12-14/h6-9,12,18H,10-11H2,1-5H3. The summed E-state index contributed by atoms with van der Waals surface area (Å²) in [6.45, 7) is 10.2. The van der Waals surface area contributed by atoms with Crippen LogP contribution in [0.3, 0.4) is 0 Å². The second-order valence-electron chi connectivity index (χ2n) is 6.57. The molecule has 1 N–H and O–H groups in total. The van der Waals surface area contributed by atoms with Crippen molar-refractivity contribution >= 4 is 5.82 Å². The van der Waals surface area contributed by atoms with Gasteiger partial charge >= 0.3 is 0 Å². The van der Waals surface area contributed by atoms with E-state index in [1.54, 1.807) is 12.5 Å². The maximum Gasteiger partial charge on any atom is 0.129 e. The minimum Gasteiger partial charge on any atom is -0.472 e. The smallest absolute Gasteiger partial charge is 0.129 e. The van der Waals surface area contributed by atoms with Crippen LogP contribution in [0.25, 0.3) is 0 Å². The van der Waals surface area contributed by atoms with Gasteiger partial charge in [-0.2, -0.15) is 0 Å². The third kappa shape index (κ3) is 4.90. The van der Waals surface area contributed by atoms with Crippen LogP contribution in [0, 0.1) is 6.92 Å². The summed E-state index contributed by atoms with van der Waals surface area (Å²) in [5.74, 6) is 0.988. The molecule has 2 rings (SSSR count). The molecule has 4 nitrogen and oxygen atoms in total. The van der Waals surface area contributed by atoms with Crippen LogP contribution >= 0.6 is 0 Å². The van der Waals surface area contributed by atoms with Crippen LogP contribution in [0.4, 0.5) is 5.82 Å². The van der Waals surface area contributed by atoms with Crippen molar-refractivity contribution in [3.05, 3.63) is 47.5 Å². The lowest BCUT2D eigenvalue weighted by Gasteiger charge is -2.22. The Labute approximate surface area is 127 Å². The van der Waals surface area contributed by atoms with Gasteiger partial charge in [0.05, 0.1) is 12.5 Å². The second-order valence-corrected chi connectivity index (χ2v) is 6.57. The zero-order chi connectivity index (χ0) is 15.5. The van der Waals surface area contributed by atoms with Crippen LogP contribution in [0.2, 0.25) is 0 Å². The third-order valence-corrected chi connectivity index (χ3v) is 3.21. The number of hydrogen-bond donors (Lipinski definition) is 1. The molecular weight excluding hydrogens is 262 g/mol. The van der Waals surface area contributed by atoms with Gasteiger partial charge in [0.15, 0.2) is 0 Å². The van der Waals surface area contributed by atoms with Gasteiger partial charge in [-0.3, -0.25) is 0 Å². The highest BCUT2D eigenvalue weighted by Crippen LogP contribution is 2.17. The molecule has 2 aromatic heterocycles. The van der Waals surface area contributed by atoms with Gasteiger partial charge in [0, 0.05) is 36.9 Å². The van der Waals surface area contributed by atoms with Crippen molar-refractivity contribution in [2.45, 2.75) is 46.3 Å². The van der Waals surface area contributed by atoms with Gasteiger partial charge in [-0.05, 0) is 51.5 Å². The highest BCUT2D eigenvalue weighted by molar-refractivity contribution is 5.42. The number of nitrogens with one attached hydrogen (secondary N) is 1. The summed E-state index contributed by atoms with van der Waals surface area (Å²) in [6, 6.07) is 6.26. The van der Waals surface area contributed by atoms with Gasteiger partial charge in [0.1, 0.15) is 5.82 Å². The van der Waals surface area contributed by atoms with Crippen LogP contribution in [0.15, 0.2) is 35.1 Å². The first kappa shape index (κ1) is 15.6. The Morgan fingerprint density at radius 2 is 2.00 bits per heavy atom. The van der Waals surface area contributed by atoms with E-state index in [-0.39, 0.29) is 5.54 Å². The van der Waals surface area contributed by atoms with E-state index in [1.165, 1.54) is 5.56 Å². The molecule has 21 heavy (non-hydrogen) atoms. The summed E-state index contributed by atoms with van der Waals surface area (Å²) >= 11 is 0. The number of pyridine rings is 1. The Bertz CT molecular complexity index is 570. The molecule has 114 valence electrons. The first-order valence-corrected chi connectivity index (χ1v) is 7.28. The van der Waals surface area contributed by atoms with Crippen molar-refractivity contribution in [3.8, 4) is 0 Å². The lowest BCUT2D eigenvalue weighted by Crippen LogP contribution is -2.35. The van der Waals surface area contributed by atoms with Crippen molar-refractivity contribution in [2.75, 3.05) is 11.9 Å². The van der Waals surface area contributed by atoms with Crippen LogP contribution in [0.1, 0.15) is 37.6 Å². The minimum atomic E-state index is 0.111. The molecule has 0 amide bonds. The molecule has 0 radical (unpaired) electrons. The van der Waals surface area contributed by atoms with Crippen LogP contribution in [-0.2, 0) is 13.1 Å². The van der Waals surface area contributed by atoms with E-state index in [9.17, 15) is 0 Å². The molecule has 0 aliphatic carbocycles. The summed E-state index contributed by atoms with van der Waals surface area (Å²) in [7, 11) is 2.05. The number of aromatic nitrogens is 1. The molecule has 0 aromatic carbocycles. The van der Waals surface area contributed by atoms with E-state index in [1.807, 2.05) is 13.0 Å². The Morgan fingerprint density at radius 3 is 2.62 bits per heavy atom. The van der Waals surface area contributed by atoms with Crippen molar-refractivity contribution < 1.29 is 4.42 Å². The van der Waals surface area contributed by atoms with Crippen molar-refractivity contribution in [1.29, 1.82) is 0 Å². The van der Waals surface area contributed by atoms with Gasteiger partial charge in [0.25, 0.3) is 0 Å². The Balaban J connectivity index is 2.10. The lowest BCUT2D eigenvalue weighted by molar-refractivity contribution is 0.424. The predicted octanol–water partition coefficient (Wildman–Crippen LogP) is 3.51. The van der Waals surface area contributed by atoms with Crippen molar-refractivity contribution in [2.24, 2.45) is 0 Å². The Morgan fingerprint density at radius 1 is 1.24 bits per heavy atom. The molecule has 2 heterocycles. The van der Waals surface area contributed by atoms with Crippen LogP contribution in [-0.4, -0.2) is 17.6 Å². The van der Waals surface area contributed by atoms with Crippen molar-refractivity contribution in [1.82, 2.24) is 10.3 Å². The molecule has 4 heteroatoms. The normalized spacial score (nSPS) is 11.7. The summed E-state index contributed by atoms with van der Waals surface area (Å²) in [6.07, 6.45) is 3.47. The largest absolute Gasteiger partial charge is 0.472 e. The first-order valence-electron chi connectivity index (χ1n) is 7.28. The van der Waals surface area contributed by atoms with Gasteiger partial charge in [0.2, 0.25) is 0 Å². The maximum atomic E-state index is 5.12. The van der Waals surface area contributed by atoms with Gasteiger partial charge in [-0.1, -0.05) is 0 Å². The molecule has 0 saturated carbocycles. The zero-order valence-electron chi connectivity index (χ0n) is 13.6. The maximum absolute atomic E-state index is 5.12. The van der Waals surface area contributed by atoms with E-state index < -0.39 is 0 Å². The first-order chi connectivity index (χ1) is 9.83. The molecular formula is C17H25N3O. The molecule has 0 fully saturated rings. The fourth-order valence-corrected chi connectivity index (χ4v) is 2.12. The third-order valence-electron chi connectivity index (χ3n) is 3.21. The average molecular weight is 287 g/mol. The summed E-state index contributed by atoms with van der Waals surface area (Å²) in [5, 5.41) is 3.52. The molecule has 0 atom stereocenters. The molecule has 0 saturated heterocycles. The van der Waals surface area contributed by atoms with Gasteiger partial charge in [-0.15, -0.1) is 0 Å². The average Bonchev–Trinajstić information content (AvgIpc) is 2.88. The Hall–Kier alpha value is -1.81. The number of nitrogens with zero attached hydrogens (tertiary/aromatic N) is 2. The van der Waals surface area contributed by atoms with E-state index in [4.69, 9.17) is 4.42 Å². The number of rotatable bonds is 5. The summed E-state index contributed by atoms with van der Waals surface area (Å²) in [4.78, 5) is 6.76. The fraction of sp³-hybridized carbons (Fsp3) is 0.471. The van der Waals surface area contributed by atoms with Crippen LogP contribution < -0.4 is 10.2 Å². The van der Waals surface area contributed by atoms with Gasteiger partial charge in [-0.25, -0.2) is 4.98 Å². The van der Waals surface area contributed by atoms with E-state index >= 15 is 0 Å². The predicted molar refractivity (Wildman–Crippen MR) is 86.4 cm³/mol. The lowest BCUT2D eigenvalue weighted by atomic mass is 10.1. The molecule has 0 spiro atoms. The number of aryl methyl sites for hydroxylation is 1. The van der Waals surface area contributed by atoms with E-state index in [0.29, 0.717) is 0 Å². The molecule has 0 bridgehead atoms. The minimum absolute atomic E-state index is 0.111. The number of furan rings is 1. The highest BCUT2D eigenvalue weighted by Gasteiger charge is 2.11. The zero-order valence-corrected chi connectivity index (χ0v) is 13.6. The highest BCUT2D eigenvalue weighted by atomic mass is 16.3. The van der Waals surface area contributed by atoms with Gasteiger partial charge < -0.3 is 14.6 Å². The quantitative estimate of drug-likeness (QED) is 0.913. The van der Waals surface area contributed by atoms with E-state index in [0.717, 1.165) is 30.2 Å². The van der Waals surface area contributed by atoms with Crippen LogP contribution in [0.5, 0.6) is 0 Å². The SMILES string of the molecule is Cc1cc(CNC(C)(C)C)cc(N(C)Cc2ccoc2)n1. The number of anilines is 1. The summed E-state index contributed by atoms with van der Waals surface area (Å²) < 4.78 is 5.12. The monoisotopic (exact) mass is 287 g/mol. The fourth-order valence-electron chi connectivity index (χ4n) is 2.12. The van der Waals surface area contributed by atoms with E-state index in [2.05, 4.69) is 55.2 Å². The summed E-state index contributed by atoms with van der Waals surface area (Å²) in [5.41, 5.74) is 3.55. The molecule has 0 unspecified atom stereocenters. The number of hydrogen-bond acceptors (Lipinski definition) is 4. The van der Waals surface area contributed by atoms with Crippen molar-refractivity contribution in [3.63, 3.8) is 0 Å². The second kappa shape index (κ2) is 6.31.